The minimum absolute atomic E-state index is 0.0568. The van der Waals surface area contributed by atoms with Crippen LogP contribution in [0, 0.1) is 6.92 Å². The van der Waals surface area contributed by atoms with Gasteiger partial charge < -0.3 is 10.4 Å². The summed E-state index contributed by atoms with van der Waals surface area (Å²) in [6.45, 7) is 5.73. The summed E-state index contributed by atoms with van der Waals surface area (Å²) < 4.78 is 0. The van der Waals surface area contributed by atoms with Crippen molar-refractivity contribution >= 4 is 40.4 Å². The van der Waals surface area contributed by atoms with Gasteiger partial charge in [-0.05, 0) is 43.0 Å². The summed E-state index contributed by atoms with van der Waals surface area (Å²) in [5.74, 6) is 0.219. The Balaban J connectivity index is 2.03. The van der Waals surface area contributed by atoms with E-state index in [-0.39, 0.29) is 10.6 Å². The van der Waals surface area contributed by atoms with E-state index in [0.717, 1.165) is 16.8 Å². The fourth-order valence-corrected chi connectivity index (χ4v) is 3.41. The van der Waals surface area contributed by atoms with Crippen LogP contribution in [-0.2, 0) is 6.42 Å². The predicted octanol–water partition coefficient (Wildman–Crippen LogP) is 5.34. The van der Waals surface area contributed by atoms with Gasteiger partial charge in [-0.25, -0.2) is 14.8 Å². The molecule has 0 aliphatic carbocycles. The molecular weight excluding hydrogens is 370 g/mol. The fraction of sp³-hybridized carbons (Fsp3) is 0.105. The van der Waals surface area contributed by atoms with E-state index in [4.69, 9.17) is 16.7 Å². The van der Waals surface area contributed by atoms with Gasteiger partial charge in [0, 0.05) is 27.9 Å². The molecule has 0 radical (unpaired) electrons. The van der Waals surface area contributed by atoms with Gasteiger partial charge >= 0.3 is 5.97 Å². The number of benzene rings is 1. The van der Waals surface area contributed by atoms with E-state index < -0.39 is 5.97 Å². The highest BCUT2D eigenvalue weighted by atomic mass is 35.5. The van der Waals surface area contributed by atoms with Crippen LogP contribution in [-0.4, -0.2) is 21.0 Å². The van der Waals surface area contributed by atoms with Gasteiger partial charge in [-0.15, -0.1) is 6.58 Å². The fourth-order valence-electron chi connectivity index (χ4n) is 2.51. The molecule has 0 unspecified atom stereocenters. The maximum atomic E-state index is 11.1. The first-order valence-corrected chi connectivity index (χ1v) is 9.12. The summed E-state index contributed by atoms with van der Waals surface area (Å²) in [6.07, 6.45) is 2.40. The van der Waals surface area contributed by atoms with Gasteiger partial charge in [0.05, 0.1) is 10.6 Å². The van der Waals surface area contributed by atoms with Crippen molar-refractivity contribution < 1.29 is 9.90 Å². The first kappa shape index (κ1) is 18.1. The number of carbonyl (C=O) groups is 1. The SMILES string of the molecule is C=CCc1c(C)nc(-c2ccsc2)nc1Nc1ccc(C(=O)O)c(Cl)c1. The number of nitrogens with one attached hydrogen (secondary N) is 1. The number of thiophene rings is 1. The third-order valence-electron chi connectivity index (χ3n) is 3.80. The third-order valence-corrected chi connectivity index (χ3v) is 4.80. The van der Waals surface area contributed by atoms with Gasteiger partial charge in [0.1, 0.15) is 5.82 Å². The number of nitrogens with zero attached hydrogens (tertiary/aromatic N) is 2. The zero-order chi connectivity index (χ0) is 18.7. The van der Waals surface area contributed by atoms with Crippen molar-refractivity contribution in [1.29, 1.82) is 0 Å². The van der Waals surface area contributed by atoms with Gasteiger partial charge in [-0.2, -0.15) is 11.3 Å². The van der Waals surface area contributed by atoms with Crippen molar-refractivity contribution in [3.8, 4) is 11.4 Å². The Hall–Kier alpha value is -2.70. The maximum absolute atomic E-state index is 11.1. The molecule has 0 bridgehead atoms. The van der Waals surface area contributed by atoms with Gasteiger partial charge in [0.25, 0.3) is 0 Å². The summed E-state index contributed by atoms with van der Waals surface area (Å²) in [7, 11) is 0. The number of hydrogen-bond donors (Lipinski definition) is 2. The van der Waals surface area contributed by atoms with Crippen molar-refractivity contribution in [2.24, 2.45) is 0 Å². The number of aryl methyl sites for hydroxylation is 1. The zero-order valence-corrected chi connectivity index (χ0v) is 15.6. The number of carboxylic acids is 1. The van der Waals surface area contributed by atoms with Crippen molar-refractivity contribution in [3.05, 3.63) is 69.5 Å². The molecule has 0 saturated heterocycles. The van der Waals surface area contributed by atoms with E-state index in [9.17, 15) is 4.79 Å². The molecule has 0 aliphatic rings. The summed E-state index contributed by atoms with van der Waals surface area (Å²) in [6, 6.07) is 6.67. The average molecular weight is 386 g/mol. The standard InChI is InChI=1S/C19H16ClN3O2S/c1-3-4-14-11(2)21-17(12-7-8-26-10-12)23-18(14)22-13-5-6-15(19(24)25)16(20)9-13/h3,5-10H,1,4H2,2H3,(H,24,25)(H,21,22,23). The highest BCUT2D eigenvalue weighted by Gasteiger charge is 2.14. The van der Waals surface area contributed by atoms with Crippen LogP contribution in [0.25, 0.3) is 11.4 Å². The van der Waals surface area contributed by atoms with Crippen LogP contribution in [0.3, 0.4) is 0 Å². The van der Waals surface area contributed by atoms with Gasteiger partial charge in [0.15, 0.2) is 5.82 Å². The molecule has 3 rings (SSSR count). The molecule has 2 N–H and O–H groups in total. The number of carboxylic acid groups (broad SMARTS) is 1. The third kappa shape index (κ3) is 3.76. The highest BCUT2D eigenvalue weighted by Crippen LogP contribution is 2.28. The Bertz CT molecular complexity index is 971. The normalized spacial score (nSPS) is 10.5. The number of anilines is 2. The molecule has 7 heteroatoms. The molecule has 0 atom stereocenters. The molecule has 0 amide bonds. The van der Waals surface area contributed by atoms with Crippen LogP contribution < -0.4 is 5.32 Å². The minimum Gasteiger partial charge on any atom is -0.478 e. The second kappa shape index (κ2) is 7.68. The molecule has 0 spiro atoms. The first-order chi connectivity index (χ1) is 12.5. The van der Waals surface area contributed by atoms with Crippen molar-refractivity contribution in [1.82, 2.24) is 9.97 Å². The molecule has 0 fully saturated rings. The van der Waals surface area contributed by atoms with E-state index in [1.165, 1.54) is 6.07 Å². The predicted molar refractivity (Wildman–Crippen MR) is 106 cm³/mol. The van der Waals surface area contributed by atoms with Crippen LogP contribution in [0.1, 0.15) is 21.6 Å². The second-order valence-corrected chi connectivity index (χ2v) is 6.78. The lowest BCUT2D eigenvalue weighted by atomic mass is 10.1. The Morgan fingerprint density at radius 3 is 2.81 bits per heavy atom. The second-order valence-electron chi connectivity index (χ2n) is 5.59. The van der Waals surface area contributed by atoms with Gasteiger partial charge in [-0.1, -0.05) is 17.7 Å². The largest absolute Gasteiger partial charge is 0.478 e. The molecule has 3 aromatic rings. The van der Waals surface area contributed by atoms with E-state index in [2.05, 4.69) is 21.9 Å². The number of aromatic nitrogens is 2. The summed E-state index contributed by atoms with van der Waals surface area (Å²) >= 11 is 7.65. The highest BCUT2D eigenvalue weighted by molar-refractivity contribution is 7.08. The van der Waals surface area contributed by atoms with Crippen LogP contribution in [0.5, 0.6) is 0 Å². The molecule has 132 valence electrons. The monoisotopic (exact) mass is 385 g/mol. The lowest BCUT2D eigenvalue weighted by molar-refractivity contribution is 0.0697. The zero-order valence-electron chi connectivity index (χ0n) is 14.0. The maximum Gasteiger partial charge on any atom is 0.337 e. The summed E-state index contributed by atoms with van der Waals surface area (Å²) in [5, 5.41) is 16.5. The van der Waals surface area contributed by atoms with Crippen molar-refractivity contribution in [2.45, 2.75) is 13.3 Å². The Labute approximate surface area is 160 Å². The van der Waals surface area contributed by atoms with Gasteiger partial charge in [0.2, 0.25) is 0 Å². The van der Waals surface area contributed by atoms with Crippen LogP contribution in [0.15, 0.2) is 47.7 Å². The lowest BCUT2D eigenvalue weighted by Crippen LogP contribution is -2.06. The number of rotatable bonds is 6. The number of aromatic carboxylic acids is 1. The quantitative estimate of drug-likeness (QED) is 0.560. The molecule has 2 heterocycles. The molecular formula is C19H16ClN3O2S. The number of allylic oxidation sites excluding steroid dienone is 1. The van der Waals surface area contributed by atoms with Gasteiger partial charge in [-0.3, -0.25) is 0 Å². The molecule has 1 aromatic carbocycles. The Morgan fingerprint density at radius 2 is 2.19 bits per heavy atom. The topological polar surface area (TPSA) is 75.1 Å². The molecule has 5 nitrogen and oxygen atoms in total. The van der Waals surface area contributed by atoms with Crippen LogP contribution >= 0.6 is 22.9 Å². The minimum atomic E-state index is -1.06. The smallest absolute Gasteiger partial charge is 0.337 e. The molecule has 2 aromatic heterocycles. The number of halogens is 1. The van der Waals surface area contributed by atoms with E-state index in [0.29, 0.717) is 23.8 Å². The molecule has 0 saturated carbocycles. The van der Waals surface area contributed by atoms with E-state index >= 15 is 0 Å². The summed E-state index contributed by atoms with van der Waals surface area (Å²) in [4.78, 5) is 20.4. The van der Waals surface area contributed by atoms with Crippen molar-refractivity contribution in [2.75, 3.05) is 5.32 Å². The molecule has 26 heavy (non-hydrogen) atoms. The van der Waals surface area contributed by atoms with Crippen LogP contribution in [0.4, 0.5) is 11.5 Å². The average Bonchev–Trinajstić information content (AvgIpc) is 3.12. The summed E-state index contributed by atoms with van der Waals surface area (Å²) in [5.41, 5.74) is 3.45. The Morgan fingerprint density at radius 1 is 1.38 bits per heavy atom. The lowest BCUT2D eigenvalue weighted by Gasteiger charge is -2.14. The Kier molecular flexibility index (Phi) is 5.35. The number of hydrogen-bond acceptors (Lipinski definition) is 5. The van der Waals surface area contributed by atoms with Crippen LogP contribution in [0.2, 0.25) is 5.02 Å². The first-order valence-electron chi connectivity index (χ1n) is 7.80. The van der Waals surface area contributed by atoms with Crippen molar-refractivity contribution in [3.63, 3.8) is 0 Å². The van der Waals surface area contributed by atoms with E-state index in [1.807, 2.05) is 23.8 Å². The van der Waals surface area contributed by atoms with E-state index in [1.54, 1.807) is 29.5 Å². The molecule has 0 aliphatic heterocycles.